The van der Waals surface area contributed by atoms with E-state index in [4.69, 9.17) is 9.47 Å². The molecule has 1 aromatic rings. The Morgan fingerprint density at radius 1 is 1.04 bits per heavy atom. The third-order valence-corrected chi connectivity index (χ3v) is 6.02. The van der Waals surface area contributed by atoms with Crippen LogP contribution in [0.2, 0.25) is 0 Å². The van der Waals surface area contributed by atoms with Gasteiger partial charge in [0, 0.05) is 0 Å². The third-order valence-electron chi connectivity index (χ3n) is 3.85. The van der Waals surface area contributed by atoms with Crippen LogP contribution in [-0.2, 0) is 30.7 Å². The molecule has 28 heavy (non-hydrogen) atoms. The summed E-state index contributed by atoms with van der Waals surface area (Å²) < 4.78 is 34.8. The zero-order valence-electron chi connectivity index (χ0n) is 17.6. The molecule has 1 N–H and O–H groups in total. The quantitative estimate of drug-likeness (QED) is 0.687. The molecule has 0 aromatic heterocycles. The highest BCUT2D eigenvalue weighted by atomic mass is 32.2. The largest absolute Gasteiger partial charge is 0.459 e. The van der Waals surface area contributed by atoms with Crippen molar-refractivity contribution in [3.63, 3.8) is 0 Å². The SMILES string of the molecule is CC(C)[C@H](NC(=O)OC(C)(C)C)C(=O)OCc1ccc(S(=O)(=O)C(C)C)cc1. The number of carbonyl (C=O) groups excluding carboxylic acids is 2. The van der Waals surface area contributed by atoms with Crippen molar-refractivity contribution < 1.29 is 27.5 Å². The summed E-state index contributed by atoms with van der Waals surface area (Å²) in [4.78, 5) is 24.6. The van der Waals surface area contributed by atoms with Crippen LogP contribution < -0.4 is 5.32 Å². The van der Waals surface area contributed by atoms with Crippen LogP contribution in [0.15, 0.2) is 29.2 Å². The molecule has 0 heterocycles. The predicted octanol–water partition coefficient (Wildman–Crippen LogP) is 3.46. The number of nitrogens with one attached hydrogen (secondary N) is 1. The maximum atomic E-state index is 12.4. The summed E-state index contributed by atoms with van der Waals surface area (Å²) in [7, 11) is -3.35. The molecular formula is C20H31NO6S. The van der Waals surface area contributed by atoms with Gasteiger partial charge in [-0.25, -0.2) is 18.0 Å². The molecule has 0 spiro atoms. The number of carbonyl (C=O) groups is 2. The van der Waals surface area contributed by atoms with E-state index in [1.807, 2.05) is 0 Å². The number of alkyl carbamates (subject to hydrolysis) is 1. The van der Waals surface area contributed by atoms with Crippen LogP contribution in [0.4, 0.5) is 4.79 Å². The Balaban J connectivity index is 2.74. The van der Waals surface area contributed by atoms with Crippen LogP contribution in [0, 0.1) is 5.92 Å². The maximum Gasteiger partial charge on any atom is 0.408 e. The topological polar surface area (TPSA) is 98.8 Å². The first kappa shape index (κ1) is 23.9. The lowest BCUT2D eigenvalue weighted by molar-refractivity contribution is -0.148. The van der Waals surface area contributed by atoms with Gasteiger partial charge in [-0.15, -0.1) is 0 Å². The van der Waals surface area contributed by atoms with Gasteiger partial charge in [-0.1, -0.05) is 26.0 Å². The maximum absolute atomic E-state index is 12.4. The summed E-state index contributed by atoms with van der Waals surface area (Å²) >= 11 is 0. The molecule has 0 fully saturated rings. The molecule has 0 aliphatic carbocycles. The van der Waals surface area contributed by atoms with Gasteiger partial charge in [-0.05, 0) is 58.2 Å². The van der Waals surface area contributed by atoms with Crippen molar-refractivity contribution in [3.05, 3.63) is 29.8 Å². The molecule has 0 saturated heterocycles. The van der Waals surface area contributed by atoms with Crippen LogP contribution in [-0.4, -0.2) is 37.4 Å². The van der Waals surface area contributed by atoms with E-state index < -0.39 is 38.8 Å². The van der Waals surface area contributed by atoms with Gasteiger partial charge < -0.3 is 14.8 Å². The molecule has 1 aromatic carbocycles. The van der Waals surface area contributed by atoms with Gasteiger partial charge >= 0.3 is 12.1 Å². The molecular weight excluding hydrogens is 382 g/mol. The van der Waals surface area contributed by atoms with E-state index in [9.17, 15) is 18.0 Å². The molecule has 1 atom stereocenters. The fourth-order valence-corrected chi connectivity index (χ4v) is 3.28. The predicted molar refractivity (Wildman–Crippen MR) is 107 cm³/mol. The number of rotatable bonds is 7. The Hall–Kier alpha value is -2.09. The molecule has 8 heteroatoms. The molecule has 0 saturated carbocycles. The molecule has 0 bridgehead atoms. The van der Waals surface area contributed by atoms with Crippen LogP contribution in [0.3, 0.4) is 0 Å². The summed E-state index contributed by atoms with van der Waals surface area (Å²) in [5.41, 5.74) is -0.0241. The van der Waals surface area contributed by atoms with Gasteiger partial charge in [0.2, 0.25) is 0 Å². The first-order valence-electron chi connectivity index (χ1n) is 9.23. The molecule has 1 rings (SSSR count). The summed E-state index contributed by atoms with van der Waals surface area (Å²) in [6.07, 6.45) is -0.689. The Labute approximate surface area is 167 Å². The van der Waals surface area contributed by atoms with E-state index >= 15 is 0 Å². The van der Waals surface area contributed by atoms with Crippen LogP contribution in [0.1, 0.15) is 54.0 Å². The minimum atomic E-state index is -3.35. The molecule has 0 aliphatic heterocycles. The first-order chi connectivity index (χ1) is 12.7. The van der Waals surface area contributed by atoms with E-state index in [1.54, 1.807) is 60.6 Å². The standard InChI is InChI=1S/C20H31NO6S/c1-13(2)17(21-19(23)27-20(5,6)7)18(22)26-12-15-8-10-16(11-9-15)28(24,25)14(3)4/h8-11,13-14,17H,12H2,1-7H3,(H,21,23)/t17-/m0/s1. The van der Waals surface area contributed by atoms with E-state index in [-0.39, 0.29) is 17.4 Å². The zero-order chi connectivity index (χ0) is 21.7. The number of ether oxygens (including phenoxy) is 2. The van der Waals surface area contributed by atoms with E-state index in [1.165, 1.54) is 12.1 Å². The fraction of sp³-hybridized carbons (Fsp3) is 0.600. The highest BCUT2D eigenvalue weighted by Gasteiger charge is 2.28. The number of sulfone groups is 1. The average Bonchev–Trinajstić information content (AvgIpc) is 2.56. The number of hydrogen-bond donors (Lipinski definition) is 1. The van der Waals surface area contributed by atoms with E-state index in [0.717, 1.165) is 0 Å². The van der Waals surface area contributed by atoms with Gasteiger partial charge in [0.15, 0.2) is 9.84 Å². The number of amides is 1. The molecule has 1 amide bonds. The third kappa shape index (κ3) is 7.14. The van der Waals surface area contributed by atoms with Crippen LogP contribution >= 0.6 is 0 Å². The lowest BCUT2D eigenvalue weighted by Gasteiger charge is -2.24. The fourth-order valence-electron chi connectivity index (χ4n) is 2.22. The van der Waals surface area contributed by atoms with Crippen LogP contribution in [0.25, 0.3) is 0 Å². The van der Waals surface area contributed by atoms with Crippen molar-refractivity contribution in [2.45, 2.75) is 76.9 Å². The second kappa shape index (κ2) is 9.41. The Kier molecular flexibility index (Phi) is 8.05. The Bertz CT molecular complexity index is 776. The summed E-state index contributed by atoms with van der Waals surface area (Å²) in [6.45, 7) is 12.0. The Morgan fingerprint density at radius 2 is 1.57 bits per heavy atom. The molecule has 0 unspecified atom stereocenters. The highest BCUT2D eigenvalue weighted by molar-refractivity contribution is 7.92. The molecule has 158 valence electrons. The van der Waals surface area contributed by atoms with Crippen molar-refractivity contribution in [1.82, 2.24) is 5.32 Å². The van der Waals surface area contributed by atoms with Gasteiger partial charge in [0.1, 0.15) is 18.2 Å². The number of esters is 1. The van der Waals surface area contributed by atoms with Gasteiger partial charge in [-0.3, -0.25) is 0 Å². The van der Waals surface area contributed by atoms with Crippen molar-refractivity contribution in [2.75, 3.05) is 0 Å². The highest BCUT2D eigenvalue weighted by Crippen LogP contribution is 2.17. The van der Waals surface area contributed by atoms with Gasteiger partial charge in [-0.2, -0.15) is 0 Å². The van der Waals surface area contributed by atoms with Crippen LogP contribution in [0.5, 0.6) is 0 Å². The van der Waals surface area contributed by atoms with E-state index in [2.05, 4.69) is 5.32 Å². The monoisotopic (exact) mass is 413 g/mol. The summed E-state index contributed by atoms with van der Waals surface area (Å²) in [6, 6.07) is 5.35. The zero-order valence-corrected chi connectivity index (χ0v) is 18.4. The minimum absolute atomic E-state index is 0.0277. The smallest absolute Gasteiger partial charge is 0.408 e. The molecule has 0 aliphatic rings. The average molecular weight is 414 g/mol. The van der Waals surface area contributed by atoms with Gasteiger partial charge in [0.05, 0.1) is 10.1 Å². The molecule has 0 radical (unpaired) electrons. The Morgan fingerprint density at radius 3 is 2.00 bits per heavy atom. The number of benzene rings is 1. The molecule has 7 nitrogen and oxygen atoms in total. The van der Waals surface area contributed by atoms with Crippen molar-refractivity contribution in [1.29, 1.82) is 0 Å². The minimum Gasteiger partial charge on any atom is -0.459 e. The van der Waals surface area contributed by atoms with Crippen molar-refractivity contribution >= 4 is 21.9 Å². The lowest BCUT2D eigenvalue weighted by atomic mass is 10.1. The second-order valence-corrected chi connectivity index (χ2v) is 10.7. The summed E-state index contributed by atoms with van der Waals surface area (Å²) in [5.74, 6) is -0.779. The van der Waals surface area contributed by atoms with Crippen molar-refractivity contribution in [2.24, 2.45) is 5.92 Å². The normalized spacial score (nSPS) is 13.3. The lowest BCUT2D eigenvalue weighted by Crippen LogP contribution is -2.47. The summed E-state index contributed by atoms with van der Waals surface area (Å²) in [5, 5.41) is 2.02. The number of hydrogen-bond acceptors (Lipinski definition) is 6. The second-order valence-electron chi connectivity index (χ2n) is 8.21. The van der Waals surface area contributed by atoms with Gasteiger partial charge in [0.25, 0.3) is 0 Å². The van der Waals surface area contributed by atoms with E-state index in [0.29, 0.717) is 5.56 Å². The van der Waals surface area contributed by atoms with Crippen molar-refractivity contribution in [3.8, 4) is 0 Å². The first-order valence-corrected chi connectivity index (χ1v) is 10.8.